The molecule has 4 bridgehead atoms. The van der Waals surface area contributed by atoms with Gasteiger partial charge < -0.3 is 4.90 Å². The molecule has 7 aliphatic carbocycles. The smallest absolute Gasteiger partial charge is 0.0465 e. The molecule has 0 aliphatic heterocycles. The number of hydrogen-bond donors (Lipinski definition) is 0. The van der Waals surface area contributed by atoms with E-state index in [1.807, 2.05) is 0 Å². The van der Waals surface area contributed by atoms with Crippen LogP contribution in [0.1, 0.15) is 140 Å². The highest BCUT2D eigenvalue weighted by molar-refractivity contribution is 5.87. The molecule has 0 amide bonds. The first kappa shape index (κ1) is 31.4. The SMILES string of the molecule is CC1(C)CCC(C)(C)c2cc(N(c3ccc4c(c3)C(C)(C)CCC4(C)C)c3ccc4c(c3)C3(c5ccccc5-4)C4CC5CC(C4)C3C5)ccc21. The molecule has 258 valence electrons. The minimum atomic E-state index is 0.153. The van der Waals surface area contributed by atoms with Gasteiger partial charge in [-0.15, -0.1) is 0 Å². The van der Waals surface area contributed by atoms with Gasteiger partial charge in [0.05, 0.1) is 0 Å². The van der Waals surface area contributed by atoms with Crippen molar-refractivity contribution in [3.8, 4) is 11.1 Å². The van der Waals surface area contributed by atoms with Crippen molar-refractivity contribution < 1.29 is 0 Å². The molecule has 1 nitrogen and oxygen atoms in total. The lowest BCUT2D eigenvalue weighted by Crippen LogP contribution is -2.40. The van der Waals surface area contributed by atoms with E-state index in [1.54, 1.807) is 11.1 Å². The molecular formula is C49H57N. The van der Waals surface area contributed by atoms with Gasteiger partial charge in [0.2, 0.25) is 0 Å². The molecule has 1 heteroatoms. The summed E-state index contributed by atoms with van der Waals surface area (Å²) >= 11 is 0. The maximum atomic E-state index is 2.69. The Morgan fingerprint density at radius 1 is 0.460 bits per heavy atom. The predicted molar refractivity (Wildman–Crippen MR) is 210 cm³/mol. The van der Waals surface area contributed by atoms with E-state index in [-0.39, 0.29) is 27.1 Å². The van der Waals surface area contributed by atoms with Gasteiger partial charge in [-0.1, -0.05) is 97.9 Å². The molecule has 0 heterocycles. The molecule has 4 aromatic rings. The molecule has 0 radical (unpaired) electrons. The third-order valence-electron chi connectivity index (χ3n) is 15.8. The second-order valence-corrected chi connectivity index (χ2v) is 20.3. The van der Waals surface area contributed by atoms with Gasteiger partial charge >= 0.3 is 0 Å². The Morgan fingerprint density at radius 2 is 0.960 bits per heavy atom. The molecule has 7 aliphatic rings. The van der Waals surface area contributed by atoms with Crippen molar-refractivity contribution in [2.45, 2.75) is 134 Å². The lowest BCUT2D eigenvalue weighted by molar-refractivity contribution is 0.191. The van der Waals surface area contributed by atoms with Crippen LogP contribution in [-0.4, -0.2) is 0 Å². The van der Waals surface area contributed by atoms with E-state index < -0.39 is 0 Å². The number of nitrogens with zero attached hydrogens (tertiary/aromatic N) is 1. The molecule has 4 saturated carbocycles. The third kappa shape index (κ3) is 4.07. The van der Waals surface area contributed by atoms with Crippen LogP contribution in [0.5, 0.6) is 0 Å². The fourth-order valence-electron chi connectivity index (χ4n) is 13.0. The minimum Gasteiger partial charge on any atom is -0.310 e. The van der Waals surface area contributed by atoms with Crippen molar-refractivity contribution in [3.63, 3.8) is 0 Å². The molecule has 0 N–H and O–H groups in total. The van der Waals surface area contributed by atoms with Gasteiger partial charge in [-0.25, -0.2) is 0 Å². The fraction of sp³-hybridized carbons (Fsp3) is 0.510. The van der Waals surface area contributed by atoms with Gasteiger partial charge in [0.1, 0.15) is 0 Å². The normalized spacial score (nSPS) is 30.9. The quantitative estimate of drug-likeness (QED) is 0.212. The van der Waals surface area contributed by atoms with E-state index in [0.717, 1.165) is 23.7 Å². The summed E-state index contributed by atoms with van der Waals surface area (Å²) < 4.78 is 0. The lowest BCUT2D eigenvalue weighted by Gasteiger charge is -2.44. The largest absolute Gasteiger partial charge is 0.310 e. The van der Waals surface area contributed by atoms with Crippen molar-refractivity contribution in [2.24, 2.45) is 23.7 Å². The van der Waals surface area contributed by atoms with E-state index in [1.165, 1.54) is 102 Å². The summed E-state index contributed by atoms with van der Waals surface area (Å²) in [7, 11) is 0. The Labute approximate surface area is 301 Å². The molecular weight excluding hydrogens is 603 g/mol. The monoisotopic (exact) mass is 659 g/mol. The van der Waals surface area contributed by atoms with Gasteiger partial charge in [-0.05, 0) is 178 Å². The lowest BCUT2D eigenvalue weighted by atomic mass is 9.59. The zero-order valence-corrected chi connectivity index (χ0v) is 31.9. The summed E-state index contributed by atoms with van der Waals surface area (Å²) in [6.07, 6.45) is 10.7. The van der Waals surface area contributed by atoms with E-state index in [9.17, 15) is 0 Å². The van der Waals surface area contributed by atoms with Crippen molar-refractivity contribution >= 4 is 17.1 Å². The van der Waals surface area contributed by atoms with Gasteiger partial charge in [0.15, 0.2) is 0 Å². The summed E-state index contributed by atoms with van der Waals surface area (Å²) in [6, 6.07) is 32.3. The average Bonchev–Trinajstić information content (AvgIpc) is 3.63. The summed E-state index contributed by atoms with van der Waals surface area (Å²) in [4.78, 5) is 2.65. The van der Waals surface area contributed by atoms with Crippen LogP contribution in [0.4, 0.5) is 17.1 Å². The molecule has 50 heavy (non-hydrogen) atoms. The standard InChI is InChI=1S/C49H57N/c1-45(2)19-21-47(5,6)43-28-34(14-17-39(43)45)50(35-15-18-40-44(29-35)48(7,8)22-20-46(40,3)4)33-13-16-37-36-11-9-10-12-38(36)49(42(37)27-33)32-24-30-23-31(26-32)41(49)25-30/h9-18,27-32,41H,19-26H2,1-8H3. The molecule has 5 atom stereocenters. The first-order valence-corrected chi connectivity index (χ1v) is 20.1. The highest BCUT2D eigenvalue weighted by Crippen LogP contribution is 2.73. The van der Waals surface area contributed by atoms with Gasteiger partial charge in [0, 0.05) is 22.5 Å². The first-order valence-electron chi connectivity index (χ1n) is 20.1. The van der Waals surface area contributed by atoms with Gasteiger partial charge in [-0.2, -0.15) is 0 Å². The molecule has 0 saturated heterocycles. The van der Waals surface area contributed by atoms with E-state index in [0.29, 0.717) is 0 Å². The van der Waals surface area contributed by atoms with Gasteiger partial charge in [-0.3, -0.25) is 0 Å². The molecule has 0 aromatic heterocycles. The molecule has 1 spiro atoms. The Kier molecular flexibility index (Phi) is 6.26. The molecule has 5 unspecified atom stereocenters. The summed E-state index contributed by atoms with van der Waals surface area (Å²) in [5.74, 6) is 3.41. The topological polar surface area (TPSA) is 3.24 Å². The fourth-order valence-corrected chi connectivity index (χ4v) is 13.0. The molecule has 4 aromatic carbocycles. The van der Waals surface area contributed by atoms with Crippen LogP contribution in [0.15, 0.2) is 78.9 Å². The van der Waals surface area contributed by atoms with Crippen LogP contribution in [0.3, 0.4) is 0 Å². The second-order valence-electron chi connectivity index (χ2n) is 20.3. The molecule has 11 rings (SSSR count). The summed E-state index contributed by atoms with van der Waals surface area (Å²) in [5.41, 5.74) is 17.2. The Bertz CT molecular complexity index is 1990. The van der Waals surface area contributed by atoms with Crippen LogP contribution in [0.25, 0.3) is 11.1 Å². The van der Waals surface area contributed by atoms with Crippen LogP contribution < -0.4 is 4.90 Å². The van der Waals surface area contributed by atoms with Crippen molar-refractivity contribution in [1.29, 1.82) is 0 Å². The van der Waals surface area contributed by atoms with E-state index in [2.05, 4.69) is 139 Å². The van der Waals surface area contributed by atoms with Gasteiger partial charge in [0.25, 0.3) is 0 Å². The van der Waals surface area contributed by atoms with E-state index >= 15 is 0 Å². The summed E-state index contributed by atoms with van der Waals surface area (Å²) in [6.45, 7) is 19.7. The average molecular weight is 660 g/mol. The third-order valence-corrected chi connectivity index (χ3v) is 15.8. The zero-order chi connectivity index (χ0) is 34.6. The van der Waals surface area contributed by atoms with Crippen LogP contribution in [0.2, 0.25) is 0 Å². The minimum absolute atomic E-state index is 0.153. The second kappa shape index (κ2) is 9.96. The van der Waals surface area contributed by atoms with Crippen molar-refractivity contribution in [1.82, 2.24) is 0 Å². The van der Waals surface area contributed by atoms with Crippen molar-refractivity contribution in [3.05, 3.63) is 112 Å². The van der Waals surface area contributed by atoms with Crippen molar-refractivity contribution in [2.75, 3.05) is 4.90 Å². The molecule has 4 fully saturated rings. The van der Waals surface area contributed by atoms with E-state index in [4.69, 9.17) is 0 Å². The Hall–Kier alpha value is -3.32. The van der Waals surface area contributed by atoms with Crippen LogP contribution in [-0.2, 0) is 27.1 Å². The summed E-state index contributed by atoms with van der Waals surface area (Å²) in [5, 5.41) is 0. The Morgan fingerprint density at radius 3 is 1.54 bits per heavy atom. The first-order chi connectivity index (χ1) is 23.7. The number of hydrogen-bond acceptors (Lipinski definition) is 1. The van der Waals surface area contributed by atoms with Crippen LogP contribution >= 0.6 is 0 Å². The number of fused-ring (bicyclic) bond motifs is 5. The zero-order valence-electron chi connectivity index (χ0n) is 31.9. The maximum Gasteiger partial charge on any atom is 0.0465 e. The maximum absolute atomic E-state index is 2.69. The number of rotatable bonds is 3. The van der Waals surface area contributed by atoms with Crippen LogP contribution in [0, 0.1) is 23.7 Å². The highest BCUT2D eigenvalue weighted by atomic mass is 15.1. The highest BCUT2D eigenvalue weighted by Gasteiger charge is 2.66. The number of anilines is 3. The number of benzene rings is 4. The Balaban J connectivity index is 1.21. The predicted octanol–water partition coefficient (Wildman–Crippen LogP) is 13.2.